The minimum absolute atomic E-state index is 0.0602. The summed E-state index contributed by atoms with van der Waals surface area (Å²) >= 11 is 0. The molecule has 0 aliphatic carbocycles. The number of nitrogen functional groups attached to an aromatic ring is 1. The molecule has 1 rings (SSSR count). The number of allylic oxidation sites excluding steroid dienone is 1. The van der Waals surface area contributed by atoms with Crippen LogP contribution in [0.2, 0.25) is 0 Å². The number of nitrogens with zero attached hydrogens (tertiary/aromatic N) is 2. The van der Waals surface area contributed by atoms with Gasteiger partial charge in [0.25, 0.3) is 5.69 Å². The third-order valence-electron chi connectivity index (χ3n) is 2.10. The van der Waals surface area contributed by atoms with Gasteiger partial charge in [0.2, 0.25) is 0 Å². The molecule has 0 aliphatic heterocycles. The Bertz CT molecular complexity index is 503. The van der Waals surface area contributed by atoms with Crippen LogP contribution in [0.25, 0.3) is 6.08 Å². The summed E-state index contributed by atoms with van der Waals surface area (Å²) in [5.41, 5.74) is 5.98. The van der Waals surface area contributed by atoms with Crippen LogP contribution in [0.5, 0.6) is 5.75 Å². The van der Waals surface area contributed by atoms with Gasteiger partial charge in [0.15, 0.2) is 0 Å². The summed E-state index contributed by atoms with van der Waals surface area (Å²) in [6, 6.07) is 4.77. The number of nitro benzene ring substituents is 1. The molecule has 6 heteroatoms. The van der Waals surface area contributed by atoms with Crippen molar-refractivity contribution in [2.24, 2.45) is 0 Å². The first-order valence-corrected chi connectivity index (χ1v) is 4.75. The van der Waals surface area contributed by atoms with Crippen LogP contribution >= 0.6 is 0 Å². The van der Waals surface area contributed by atoms with Gasteiger partial charge in [-0.3, -0.25) is 10.1 Å². The summed E-state index contributed by atoms with van der Waals surface area (Å²) in [5.74, 6) is 0.350. The average molecular weight is 233 g/mol. The first-order chi connectivity index (χ1) is 8.10. The van der Waals surface area contributed by atoms with Crippen molar-refractivity contribution in [1.82, 2.24) is 0 Å². The van der Waals surface area contributed by atoms with Crippen molar-refractivity contribution in [3.05, 3.63) is 33.9 Å². The number of ether oxygens (including phenoxy) is 1. The molecule has 0 fully saturated rings. The van der Waals surface area contributed by atoms with E-state index in [1.54, 1.807) is 18.2 Å². The maximum absolute atomic E-state index is 10.8. The fourth-order valence-electron chi connectivity index (χ4n) is 1.28. The van der Waals surface area contributed by atoms with E-state index < -0.39 is 4.92 Å². The third kappa shape index (κ3) is 2.95. The van der Waals surface area contributed by atoms with Gasteiger partial charge in [0, 0.05) is 5.56 Å². The van der Waals surface area contributed by atoms with Crippen molar-refractivity contribution in [3.8, 4) is 11.8 Å². The van der Waals surface area contributed by atoms with Gasteiger partial charge in [-0.15, -0.1) is 0 Å². The Morgan fingerprint density at radius 2 is 2.35 bits per heavy atom. The molecule has 0 heterocycles. The van der Waals surface area contributed by atoms with Crippen LogP contribution in [0.1, 0.15) is 12.0 Å². The standard InChI is InChI=1S/C11H11N3O3/c1-17-9-6-8(4-2-3-5-12)11(13)10(7-9)14(15)16/h2,4,6-7H,3,13H2,1H3. The zero-order valence-corrected chi connectivity index (χ0v) is 9.21. The second kappa shape index (κ2) is 5.51. The average Bonchev–Trinajstić information content (AvgIpc) is 2.31. The molecule has 88 valence electrons. The lowest BCUT2D eigenvalue weighted by Crippen LogP contribution is -1.99. The van der Waals surface area contributed by atoms with Gasteiger partial charge < -0.3 is 10.5 Å². The van der Waals surface area contributed by atoms with E-state index in [1.807, 2.05) is 6.07 Å². The van der Waals surface area contributed by atoms with Crippen LogP contribution in [0.4, 0.5) is 11.4 Å². The number of anilines is 1. The monoisotopic (exact) mass is 233 g/mol. The summed E-state index contributed by atoms with van der Waals surface area (Å²) < 4.78 is 4.95. The molecule has 0 bridgehead atoms. The van der Waals surface area contributed by atoms with Gasteiger partial charge in [-0.1, -0.05) is 12.2 Å². The van der Waals surface area contributed by atoms with E-state index in [0.717, 1.165) is 0 Å². The Labute approximate surface area is 98.1 Å². The van der Waals surface area contributed by atoms with Crippen molar-refractivity contribution < 1.29 is 9.66 Å². The molecule has 0 atom stereocenters. The zero-order chi connectivity index (χ0) is 12.8. The van der Waals surface area contributed by atoms with E-state index in [9.17, 15) is 10.1 Å². The highest BCUT2D eigenvalue weighted by Gasteiger charge is 2.16. The summed E-state index contributed by atoms with van der Waals surface area (Å²) in [6.45, 7) is 0. The predicted molar refractivity (Wildman–Crippen MR) is 63.3 cm³/mol. The minimum Gasteiger partial charge on any atom is -0.496 e. The number of hydrogen-bond donors (Lipinski definition) is 1. The number of nitriles is 1. The maximum atomic E-state index is 10.8. The first kappa shape index (κ1) is 12.5. The normalized spacial score (nSPS) is 10.1. The zero-order valence-electron chi connectivity index (χ0n) is 9.21. The molecule has 0 spiro atoms. The second-order valence-corrected chi connectivity index (χ2v) is 3.17. The highest BCUT2D eigenvalue weighted by molar-refractivity contribution is 5.75. The number of nitrogens with two attached hydrogens (primary N) is 1. The molecule has 6 nitrogen and oxygen atoms in total. The molecule has 0 saturated carbocycles. The molecule has 0 amide bonds. The molecule has 0 saturated heterocycles. The van der Waals surface area contributed by atoms with E-state index in [2.05, 4.69) is 0 Å². The van der Waals surface area contributed by atoms with Crippen molar-refractivity contribution in [1.29, 1.82) is 5.26 Å². The number of benzene rings is 1. The van der Waals surface area contributed by atoms with Gasteiger partial charge in [-0.2, -0.15) is 5.26 Å². The van der Waals surface area contributed by atoms with Crippen LogP contribution in [0.15, 0.2) is 18.2 Å². The molecule has 0 radical (unpaired) electrons. The van der Waals surface area contributed by atoms with E-state index in [4.69, 9.17) is 15.7 Å². The molecular formula is C11H11N3O3. The smallest absolute Gasteiger partial charge is 0.296 e. The van der Waals surface area contributed by atoms with Gasteiger partial charge >= 0.3 is 0 Å². The SMILES string of the molecule is COc1cc(C=CCC#N)c(N)c([N+](=O)[O-])c1. The number of nitro groups is 1. The Morgan fingerprint density at radius 1 is 1.65 bits per heavy atom. The number of rotatable bonds is 4. The van der Waals surface area contributed by atoms with Crippen LogP contribution in [0.3, 0.4) is 0 Å². The molecular weight excluding hydrogens is 222 g/mol. The lowest BCUT2D eigenvalue weighted by atomic mass is 10.1. The lowest BCUT2D eigenvalue weighted by Gasteiger charge is -2.05. The van der Waals surface area contributed by atoms with Gasteiger partial charge in [0.1, 0.15) is 11.4 Å². The third-order valence-corrected chi connectivity index (χ3v) is 2.10. The maximum Gasteiger partial charge on any atom is 0.296 e. The minimum atomic E-state index is -0.570. The molecule has 0 unspecified atom stereocenters. The van der Waals surface area contributed by atoms with Crippen LogP contribution in [0, 0.1) is 21.4 Å². The summed E-state index contributed by atoms with van der Waals surface area (Å²) in [5, 5.41) is 19.2. The van der Waals surface area contributed by atoms with Gasteiger partial charge in [-0.25, -0.2) is 0 Å². The fourth-order valence-corrected chi connectivity index (χ4v) is 1.28. The van der Waals surface area contributed by atoms with Crippen LogP contribution in [-0.2, 0) is 0 Å². The summed E-state index contributed by atoms with van der Waals surface area (Å²) in [4.78, 5) is 10.2. The van der Waals surface area contributed by atoms with Crippen molar-refractivity contribution >= 4 is 17.5 Å². The van der Waals surface area contributed by atoms with E-state index in [-0.39, 0.29) is 17.8 Å². The molecule has 2 N–H and O–H groups in total. The molecule has 1 aromatic carbocycles. The lowest BCUT2D eigenvalue weighted by molar-refractivity contribution is -0.384. The topological polar surface area (TPSA) is 102 Å². The van der Waals surface area contributed by atoms with Gasteiger partial charge in [0.05, 0.1) is 30.6 Å². The molecule has 0 aliphatic rings. The predicted octanol–water partition coefficient (Wildman–Crippen LogP) is 2.11. The second-order valence-electron chi connectivity index (χ2n) is 3.17. The first-order valence-electron chi connectivity index (χ1n) is 4.75. The van der Waals surface area contributed by atoms with Crippen molar-refractivity contribution in [3.63, 3.8) is 0 Å². The Kier molecular flexibility index (Phi) is 4.06. The van der Waals surface area contributed by atoms with Crippen LogP contribution in [-0.4, -0.2) is 12.0 Å². The van der Waals surface area contributed by atoms with Crippen molar-refractivity contribution in [2.45, 2.75) is 6.42 Å². The van der Waals surface area contributed by atoms with Crippen LogP contribution < -0.4 is 10.5 Å². The highest BCUT2D eigenvalue weighted by atomic mass is 16.6. The fraction of sp³-hybridized carbons (Fsp3) is 0.182. The Balaban J connectivity index is 3.25. The van der Waals surface area contributed by atoms with E-state index in [1.165, 1.54) is 13.2 Å². The van der Waals surface area contributed by atoms with Gasteiger partial charge in [-0.05, 0) is 6.07 Å². The van der Waals surface area contributed by atoms with Crippen molar-refractivity contribution in [2.75, 3.05) is 12.8 Å². The quantitative estimate of drug-likeness (QED) is 0.487. The summed E-state index contributed by atoms with van der Waals surface area (Å²) in [7, 11) is 1.41. The number of methoxy groups -OCH3 is 1. The highest BCUT2D eigenvalue weighted by Crippen LogP contribution is 2.31. The molecule has 1 aromatic rings. The molecule has 17 heavy (non-hydrogen) atoms. The number of hydrogen-bond acceptors (Lipinski definition) is 5. The van der Waals surface area contributed by atoms with E-state index >= 15 is 0 Å². The Morgan fingerprint density at radius 3 is 2.88 bits per heavy atom. The Hall–Kier alpha value is -2.55. The van der Waals surface area contributed by atoms with E-state index in [0.29, 0.717) is 11.3 Å². The largest absolute Gasteiger partial charge is 0.496 e. The summed E-state index contributed by atoms with van der Waals surface area (Å²) in [6.07, 6.45) is 3.35. The molecule has 0 aromatic heterocycles.